The van der Waals surface area contributed by atoms with Gasteiger partial charge in [-0.15, -0.1) is 0 Å². The number of carbonyl (C=O) groups is 1. The predicted octanol–water partition coefficient (Wildman–Crippen LogP) is 1.48. The molecule has 1 fully saturated rings. The molecule has 0 aliphatic carbocycles. The van der Waals surface area contributed by atoms with E-state index in [9.17, 15) is 9.59 Å². The van der Waals surface area contributed by atoms with Crippen LogP contribution in [0.2, 0.25) is 0 Å². The van der Waals surface area contributed by atoms with E-state index in [0.717, 1.165) is 24.8 Å². The highest BCUT2D eigenvalue weighted by Gasteiger charge is 2.21. The van der Waals surface area contributed by atoms with Crippen LogP contribution in [0.25, 0.3) is 0 Å². The Kier molecular flexibility index (Phi) is 5.77. The van der Waals surface area contributed by atoms with Gasteiger partial charge in [0.25, 0.3) is 5.91 Å². The molecule has 0 aromatic carbocycles. The van der Waals surface area contributed by atoms with Gasteiger partial charge in [-0.3, -0.25) is 9.59 Å². The Morgan fingerprint density at radius 2 is 1.95 bits per heavy atom. The summed E-state index contributed by atoms with van der Waals surface area (Å²) in [4.78, 5) is 25.8. The molecule has 1 aliphatic heterocycles. The van der Waals surface area contributed by atoms with Crippen molar-refractivity contribution in [1.29, 1.82) is 0 Å². The molecule has 0 spiro atoms. The number of amides is 1. The second-order valence-electron chi connectivity index (χ2n) is 6.68. The van der Waals surface area contributed by atoms with Crippen LogP contribution in [-0.2, 0) is 7.05 Å². The predicted molar refractivity (Wildman–Crippen MR) is 88.0 cm³/mol. The van der Waals surface area contributed by atoms with Crippen molar-refractivity contribution >= 4 is 5.91 Å². The third kappa shape index (κ3) is 4.70. The third-order valence-electron chi connectivity index (χ3n) is 4.23. The van der Waals surface area contributed by atoms with Crippen molar-refractivity contribution in [3.8, 4) is 0 Å². The lowest BCUT2D eigenvalue weighted by Crippen LogP contribution is -2.40. The van der Waals surface area contributed by atoms with Gasteiger partial charge in [-0.2, -0.15) is 0 Å². The molecule has 1 N–H and O–H groups in total. The number of pyridine rings is 1. The van der Waals surface area contributed by atoms with Crippen molar-refractivity contribution in [2.75, 3.05) is 26.2 Å². The van der Waals surface area contributed by atoms with Gasteiger partial charge < -0.3 is 14.8 Å². The summed E-state index contributed by atoms with van der Waals surface area (Å²) in [6, 6.07) is 3.00. The van der Waals surface area contributed by atoms with Gasteiger partial charge in [-0.05, 0) is 37.3 Å². The second kappa shape index (κ2) is 7.58. The summed E-state index contributed by atoms with van der Waals surface area (Å²) >= 11 is 0. The SMILES string of the molecule is CC1CC(C)CN(CCCNC(=O)c2ccc(=O)n(C)c2)C1. The molecule has 122 valence electrons. The van der Waals surface area contributed by atoms with Crippen LogP contribution in [0, 0.1) is 11.8 Å². The molecule has 0 saturated carbocycles. The van der Waals surface area contributed by atoms with Gasteiger partial charge in [0, 0.05) is 38.9 Å². The van der Waals surface area contributed by atoms with E-state index in [2.05, 4.69) is 24.1 Å². The first-order valence-electron chi connectivity index (χ1n) is 8.13. The average molecular weight is 305 g/mol. The maximum Gasteiger partial charge on any atom is 0.252 e. The molecule has 1 aromatic rings. The van der Waals surface area contributed by atoms with E-state index in [4.69, 9.17) is 0 Å². The Labute approximate surface area is 132 Å². The monoisotopic (exact) mass is 305 g/mol. The highest BCUT2D eigenvalue weighted by atomic mass is 16.2. The number of piperidine rings is 1. The summed E-state index contributed by atoms with van der Waals surface area (Å²) in [5.74, 6) is 1.42. The smallest absolute Gasteiger partial charge is 0.252 e. The molecular weight excluding hydrogens is 278 g/mol. The molecule has 2 heterocycles. The number of aryl methyl sites for hydroxylation is 1. The number of nitrogens with zero attached hydrogens (tertiary/aromatic N) is 2. The molecule has 1 amide bonds. The van der Waals surface area contributed by atoms with Crippen molar-refractivity contribution in [1.82, 2.24) is 14.8 Å². The number of nitrogens with one attached hydrogen (secondary N) is 1. The number of hydrogen-bond donors (Lipinski definition) is 1. The third-order valence-corrected chi connectivity index (χ3v) is 4.23. The molecule has 1 aromatic heterocycles. The van der Waals surface area contributed by atoms with Crippen molar-refractivity contribution in [2.24, 2.45) is 18.9 Å². The van der Waals surface area contributed by atoms with Gasteiger partial charge in [0.15, 0.2) is 0 Å². The standard InChI is InChI=1S/C17H27N3O2/c1-13-9-14(2)11-20(10-13)8-4-7-18-17(22)15-5-6-16(21)19(3)12-15/h5-6,12-14H,4,7-11H2,1-3H3,(H,18,22). The molecule has 0 radical (unpaired) electrons. The molecule has 2 unspecified atom stereocenters. The first kappa shape index (κ1) is 16.7. The molecule has 5 nitrogen and oxygen atoms in total. The lowest BCUT2D eigenvalue weighted by atomic mass is 9.92. The van der Waals surface area contributed by atoms with Crippen LogP contribution in [0.1, 0.15) is 37.0 Å². The van der Waals surface area contributed by atoms with Crippen LogP contribution >= 0.6 is 0 Å². The zero-order valence-electron chi connectivity index (χ0n) is 13.8. The molecule has 1 saturated heterocycles. The van der Waals surface area contributed by atoms with E-state index >= 15 is 0 Å². The molecule has 1 aliphatic rings. The van der Waals surface area contributed by atoms with Gasteiger partial charge in [-0.1, -0.05) is 13.8 Å². The number of rotatable bonds is 5. The van der Waals surface area contributed by atoms with Gasteiger partial charge in [0.05, 0.1) is 5.56 Å². The fraction of sp³-hybridized carbons (Fsp3) is 0.647. The number of likely N-dealkylation sites (tertiary alicyclic amines) is 1. The number of carbonyl (C=O) groups excluding carboxylic acids is 1. The number of aromatic nitrogens is 1. The summed E-state index contributed by atoms with van der Waals surface area (Å²) in [5.41, 5.74) is 0.423. The molecule has 0 bridgehead atoms. The van der Waals surface area contributed by atoms with Crippen molar-refractivity contribution in [2.45, 2.75) is 26.7 Å². The molecule has 5 heteroatoms. The van der Waals surface area contributed by atoms with Crippen LogP contribution < -0.4 is 10.9 Å². The van der Waals surface area contributed by atoms with Gasteiger partial charge >= 0.3 is 0 Å². The van der Waals surface area contributed by atoms with Crippen LogP contribution in [0.5, 0.6) is 0 Å². The minimum atomic E-state index is -0.115. The summed E-state index contributed by atoms with van der Waals surface area (Å²) in [6.45, 7) is 8.65. The molecule has 2 atom stereocenters. The Balaban J connectivity index is 1.73. The van der Waals surface area contributed by atoms with Crippen molar-refractivity contribution < 1.29 is 4.79 Å². The summed E-state index contributed by atoms with van der Waals surface area (Å²) in [5, 5.41) is 2.93. The van der Waals surface area contributed by atoms with Crippen LogP contribution in [0.15, 0.2) is 23.1 Å². The minimum absolute atomic E-state index is 0.107. The maximum absolute atomic E-state index is 12.0. The zero-order chi connectivity index (χ0) is 16.1. The molecule has 22 heavy (non-hydrogen) atoms. The zero-order valence-corrected chi connectivity index (χ0v) is 13.8. The Bertz CT molecular complexity index is 557. The minimum Gasteiger partial charge on any atom is -0.352 e. The van der Waals surface area contributed by atoms with Crippen LogP contribution in [0.4, 0.5) is 0 Å². The van der Waals surface area contributed by atoms with E-state index in [-0.39, 0.29) is 11.5 Å². The fourth-order valence-corrected chi connectivity index (χ4v) is 3.31. The van der Waals surface area contributed by atoms with Gasteiger partial charge in [0.2, 0.25) is 5.56 Å². The summed E-state index contributed by atoms with van der Waals surface area (Å²) in [6.07, 6.45) is 3.85. The Morgan fingerprint density at radius 1 is 1.27 bits per heavy atom. The Morgan fingerprint density at radius 3 is 2.59 bits per heavy atom. The van der Waals surface area contributed by atoms with E-state index < -0.39 is 0 Å². The van der Waals surface area contributed by atoms with Gasteiger partial charge in [-0.25, -0.2) is 0 Å². The van der Waals surface area contributed by atoms with Gasteiger partial charge in [0.1, 0.15) is 0 Å². The lowest BCUT2D eigenvalue weighted by molar-refractivity contribution is 0.0946. The Hall–Kier alpha value is -1.62. The largest absolute Gasteiger partial charge is 0.352 e. The summed E-state index contributed by atoms with van der Waals surface area (Å²) < 4.78 is 1.42. The van der Waals surface area contributed by atoms with Crippen molar-refractivity contribution in [3.63, 3.8) is 0 Å². The normalized spacial score (nSPS) is 22.5. The van der Waals surface area contributed by atoms with E-state index in [1.807, 2.05) is 0 Å². The lowest BCUT2D eigenvalue weighted by Gasteiger charge is -2.34. The average Bonchev–Trinajstić information content (AvgIpc) is 2.45. The first-order chi connectivity index (χ1) is 10.5. The van der Waals surface area contributed by atoms with E-state index in [0.29, 0.717) is 12.1 Å². The maximum atomic E-state index is 12.0. The fourth-order valence-electron chi connectivity index (χ4n) is 3.31. The quantitative estimate of drug-likeness (QED) is 0.839. The highest BCUT2D eigenvalue weighted by Crippen LogP contribution is 2.20. The van der Waals surface area contributed by atoms with E-state index in [1.54, 1.807) is 19.3 Å². The summed E-state index contributed by atoms with van der Waals surface area (Å²) in [7, 11) is 1.65. The second-order valence-corrected chi connectivity index (χ2v) is 6.68. The van der Waals surface area contributed by atoms with Crippen LogP contribution in [-0.4, -0.2) is 41.6 Å². The molecular formula is C17H27N3O2. The first-order valence-corrected chi connectivity index (χ1v) is 8.13. The van der Waals surface area contributed by atoms with Crippen molar-refractivity contribution in [3.05, 3.63) is 34.2 Å². The van der Waals surface area contributed by atoms with E-state index in [1.165, 1.54) is 30.1 Å². The topological polar surface area (TPSA) is 54.3 Å². The number of hydrogen-bond acceptors (Lipinski definition) is 3. The highest BCUT2D eigenvalue weighted by molar-refractivity contribution is 5.93. The van der Waals surface area contributed by atoms with Crippen LogP contribution in [0.3, 0.4) is 0 Å². The molecule has 2 rings (SSSR count).